The van der Waals surface area contributed by atoms with E-state index in [1.165, 1.54) is 30.6 Å². The van der Waals surface area contributed by atoms with Crippen LogP contribution in [0.5, 0.6) is 5.75 Å². The minimum atomic E-state index is -4.82. The number of carbonyl (C=O) groups excluding carboxylic acids is 1. The van der Waals surface area contributed by atoms with Crippen molar-refractivity contribution < 1.29 is 36.4 Å². The number of thiazole rings is 1. The quantitative estimate of drug-likeness (QED) is 0.163. The zero-order valence-corrected chi connectivity index (χ0v) is 24.0. The fourth-order valence-electron chi connectivity index (χ4n) is 6.40. The van der Waals surface area contributed by atoms with Gasteiger partial charge in [0.2, 0.25) is 0 Å². The van der Waals surface area contributed by atoms with E-state index in [4.69, 9.17) is 9.26 Å². The third kappa shape index (κ3) is 5.44. The summed E-state index contributed by atoms with van der Waals surface area (Å²) in [6, 6.07) is 9.18. The van der Waals surface area contributed by atoms with E-state index in [9.17, 15) is 22.4 Å². The molecule has 0 N–H and O–H groups in total. The van der Waals surface area contributed by atoms with Crippen molar-refractivity contribution in [2.75, 3.05) is 31.6 Å². The molecule has 0 spiro atoms. The molecular weight excluding hydrogens is 588 g/mol. The summed E-state index contributed by atoms with van der Waals surface area (Å²) in [6.45, 7) is 2.24. The predicted molar refractivity (Wildman–Crippen MR) is 151 cm³/mol. The molecule has 3 fully saturated rings. The molecule has 0 radical (unpaired) electrons. The molecule has 43 heavy (non-hydrogen) atoms. The number of carbonyl (C=O) groups is 1. The summed E-state index contributed by atoms with van der Waals surface area (Å²) in [5, 5.41) is 4.97. The summed E-state index contributed by atoms with van der Waals surface area (Å²) < 4.78 is 69.6. The van der Waals surface area contributed by atoms with Gasteiger partial charge >= 0.3 is 12.3 Å². The molecule has 2 unspecified atom stereocenters. The lowest BCUT2D eigenvalue weighted by molar-refractivity contribution is -0.274. The van der Waals surface area contributed by atoms with Gasteiger partial charge in [-0.3, -0.25) is 4.90 Å². The van der Waals surface area contributed by atoms with Gasteiger partial charge in [-0.1, -0.05) is 28.6 Å². The summed E-state index contributed by atoms with van der Waals surface area (Å²) in [6.07, 6.45) is -0.365. The van der Waals surface area contributed by atoms with Crippen LogP contribution in [0.15, 0.2) is 40.9 Å². The minimum Gasteiger partial charge on any atom is -0.465 e. The van der Waals surface area contributed by atoms with Gasteiger partial charge in [0, 0.05) is 48.8 Å². The van der Waals surface area contributed by atoms with Crippen molar-refractivity contribution >= 4 is 32.7 Å². The van der Waals surface area contributed by atoms with E-state index in [2.05, 4.69) is 24.7 Å². The first-order valence-electron chi connectivity index (χ1n) is 14.2. The Bertz CT molecular complexity index is 1670. The topological polar surface area (TPSA) is 80.9 Å². The van der Waals surface area contributed by atoms with Crippen molar-refractivity contribution in [3.63, 3.8) is 0 Å². The molecule has 4 aromatic rings. The number of hydrogen-bond acceptors (Lipinski definition) is 9. The number of piperazine rings is 1. The molecule has 2 saturated heterocycles. The highest BCUT2D eigenvalue weighted by molar-refractivity contribution is 7.22. The number of nitrogens with zero attached hydrogens (tertiary/aromatic N) is 4. The van der Waals surface area contributed by atoms with Crippen molar-refractivity contribution in [1.82, 2.24) is 15.0 Å². The molecule has 1 saturated carbocycles. The first-order valence-corrected chi connectivity index (χ1v) is 15.0. The average molecular weight is 617 g/mol. The van der Waals surface area contributed by atoms with E-state index in [1.807, 2.05) is 0 Å². The number of methoxy groups -OCH3 is 1. The number of alkyl halides is 3. The second-order valence-electron chi connectivity index (χ2n) is 11.3. The van der Waals surface area contributed by atoms with Crippen molar-refractivity contribution in [1.29, 1.82) is 0 Å². The normalized spacial score (nSPS) is 20.6. The molecule has 2 atom stereocenters. The smallest absolute Gasteiger partial charge is 0.465 e. The Kier molecular flexibility index (Phi) is 7.04. The summed E-state index contributed by atoms with van der Waals surface area (Å²) >= 11 is 1.37. The fraction of sp³-hybridized carbons (Fsp3) is 0.433. The third-order valence-corrected chi connectivity index (χ3v) is 9.47. The highest BCUT2D eigenvalue weighted by Crippen LogP contribution is 2.46. The van der Waals surface area contributed by atoms with Gasteiger partial charge in [0.15, 0.2) is 10.9 Å². The lowest BCUT2D eigenvalue weighted by Crippen LogP contribution is -2.54. The van der Waals surface area contributed by atoms with Crippen molar-refractivity contribution in [3.8, 4) is 17.0 Å². The first-order chi connectivity index (χ1) is 20.7. The number of fused-ring (bicyclic) bond motifs is 3. The number of para-hydroxylation sites is 1. The molecule has 2 aromatic carbocycles. The maximum atomic E-state index is 14.8. The highest BCUT2D eigenvalue weighted by atomic mass is 32.1. The molecule has 7 rings (SSSR count). The van der Waals surface area contributed by atoms with Gasteiger partial charge in [-0.05, 0) is 56.4 Å². The highest BCUT2D eigenvalue weighted by Gasteiger charge is 2.42. The summed E-state index contributed by atoms with van der Waals surface area (Å²) in [5.41, 5.74) is 1.89. The standard InChI is InChI=1S/C30H28F4N4O4S/c1-40-28(39)17-12-22(31)26-24(13-17)43-29(35-26)38-18-8-9-19(38)15-37(14-18)11-10-21-25(36-42-27(21)16-6-7-16)20-4-2-3-5-23(20)41-30(32,33)34/h2-5,12-13,16,18-19H,6-11,14-15H2,1H3. The lowest BCUT2D eigenvalue weighted by Gasteiger charge is -2.41. The molecule has 0 amide bonds. The molecular formula is C30H28F4N4O4S. The molecule has 2 bridgehead atoms. The van der Waals surface area contributed by atoms with Crippen LogP contribution in [-0.4, -0.2) is 66.2 Å². The van der Waals surface area contributed by atoms with Crippen LogP contribution < -0.4 is 9.64 Å². The zero-order valence-electron chi connectivity index (χ0n) is 23.2. The van der Waals surface area contributed by atoms with Gasteiger partial charge < -0.3 is 18.9 Å². The van der Waals surface area contributed by atoms with Gasteiger partial charge in [0.05, 0.1) is 17.4 Å². The van der Waals surface area contributed by atoms with Crippen molar-refractivity contribution in [2.45, 2.75) is 56.5 Å². The summed E-state index contributed by atoms with van der Waals surface area (Å²) in [4.78, 5) is 21.2. The van der Waals surface area contributed by atoms with E-state index >= 15 is 0 Å². The number of halogens is 4. The van der Waals surface area contributed by atoms with Crippen LogP contribution in [0.2, 0.25) is 0 Å². The van der Waals surface area contributed by atoms with Gasteiger partial charge in [-0.25, -0.2) is 14.2 Å². The minimum absolute atomic E-state index is 0.154. The molecule has 2 aromatic heterocycles. The zero-order chi connectivity index (χ0) is 29.9. The number of aromatic nitrogens is 2. The van der Waals surface area contributed by atoms with E-state index < -0.39 is 18.1 Å². The monoisotopic (exact) mass is 616 g/mol. The van der Waals surface area contributed by atoms with E-state index in [1.54, 1.807) is 18.2 Å². The van der Waals surface area contributed by atoms with Crippen LogP contribution in [0.3, 0.4) is 0 Å². The van der Waals surface area contributed by atoms with Crippen LogP contribution >= 0.6 is 11.3 Å². The number of likely N-dealkylation sites (tertiary alicyclic amines) is 1. The molecule has 226 valence electrons. The largest absolute Gasteiger partial charge is 0.573 e. The number of esters is 1. The molecule has 4 heterocycles. The van der Waals surface area contributed by atoms with E-state index in [0.29, 0.717) is 23.4 Å². The lowest BCUT2D eigenvalue weighted by atomic mass is 10.0. The Morgan fingerprint density at radius 2 is 1.86 bits per heavy atom. The number of ether oxygens (including phenoxy) is 2. The number of rotatable bonds is 8. The van der Waals surface area contributed by atoms with Crippen LogP contribution in [-0.2, 0) is 11.2 Å². The molecule has 8 nitrogen and oxygen atoms in total. The van der Waals surface area contributed by atoms with Gasteiger partial charge in [-0.15, -0.1) is 13.2 Å². The Labute approximate surface area is 248 Å². The fourth-order valence-corrected chi connectivity index (χ4v) is 7.56. The Morgan fingerprint density at radius 3 is 2.56 bits per heavy atom. The van der Waals surface area contributed by atoms with E-state index in [-0.39, 0.29) is 40.4 Å². The Balaban J connectivity index is 1.10. The maximum Gasteiger partial charge on any atom is 0.573 e. The van der Waals surface area contributed by atoms with Gasteiger partial charge in [0.1, 0.15) is 22.7 Å². The van der Waals surface area contributed by atoms with Crippen LogP contribution in [0.4, 0.5) is 22.7 Å². The number of hydrogen-bond donors (Lipinski definition) is 0. The first kappa shape index (κ1) is 28.1. The van der Waals surface area contributed by atoms with E-state index in [0.717, 1.165) is 61.3 Å². The third-order valence-electron chi connectivity index (χ3n) is 8.45. The average Bonchev–Trinajstić information content (AvgIpc) is 3.48. The summed E-state index contributed by atoms with van der Waals surface area (Å²) in [7, 11) is 1.26. The van der Waals surface area contributed by atoms with Crippen LogP contribution in [0, 0.1) is 5.82 Å². The predicted octanol–water partition coefficient (Wildman–Crippen LogP) is 6.55. The Hall–Kier alpha value is -3.71. The van der Waals surface area contributed by atoms with Crippen LogP contribution in [0.25, 0.3) is 21.5 Å². The van der Waals surface area contributed by atoms with Gasteiger partial charge in [-0.2, -0.15) is 0 Å². The van der Waals surface area contributed by atoms with Gasteiger partial charge in [0.25, 0.3) is 0 Å². The second kappa shape index (κ2) is 10.8. The molecule has 2 aliphatic heterocycles. The number of anilines is 1. The van der Waals surface area contributed by atoms with Crippen molar-refractivity contribution in [3.05, 3.63) is 59.1 Å². The maximum absolute atomic E-state index is 14.8. The SMILES string of the molecule is COC(=O)c1cc(F)c2nc(N3C4CCC3CN(CCc3c(-c5ccccc5OC(F)(F)F)noc3C3CC3)C4)sc2c1. The van der Waals surface area contributed by atoms with Crippen LogP contribution in [0.1, 0.15) is 53.3 Å². The molecule has 3 aliphatic rings. The summed E-state index contributed by atoms with van der Waals surface area (Å²) in [5.74, 6) is -0.462. The van der Waals surface area contributed by atoms with Crippen molar-refractivity contribution in [2.24, 2.45) is 0 Å². The molecule has 1 aliphatic carbocycles. The second-order valence-corrected chi connectivity index (χ2v) is 12.3. The number of benzene rings is 2. The Morgan fingerprint density at radius 1 is 1.12 bits per heavy atom. The molecule has 13 heteroatoms.